The highest BCUT2D eigenvalue weighted by Crippen LogP contribution is 2.24. The highest BCUT2D eigenvalue weighted by molar-refractivity contribution is 7.89. The highest BCUT2D eigenvalue weighted by atomic mass is 32.2. The van der Waals surface area contributed by atoms with E-state index in [1.165, 1.54) is 25.1 Å². The largest absolute Gasteiger partial charge is 0.399 e. The normalized spacial score (nSPS) is 19.9. The van der Waals surface area contributed by atoms with E-state index in [9.17, 15) is 18.0 Å². The van der Waals surface area contributed by atoms with Crippen LogP contribution < -0.4 is 11.1 Å². The monoisotopic (exact) mass is 308 g/mol. The number of imide groups is 1. The minimum Gasteiger partial charge on any atom is -0.399 e. The Bertz CT molecular complexity index is 766. The Balaban J connectivity index is 2.54. The second kappa shape index (κ2) is 5.16. The number of anilines is 1. The van der Waals surface area contributed by atoms with Crippen molar-refractivity contribution in [1.29, 1.82) is 5.26 Å². The Morgan fingerprint density at radius 3 is 2.71 bits per heavy atom. The molecule has 2 amide bonds. The van der Waals surface area contributed by atoms with E-state index in [0.717, 1.165) is 4.31 Å². The van der Waals surface area contributed by atoms with Gasteiger partial charge >= 0.3 is 0 Å². The zero-order chi connectivity index (χ0) is 15.8. The molecule has 0 radical (unpaired) electrons. The van der Waals surface area contributed by atoms with E-state index < -0.39 is 34.4 Å². The number of nitrogen functional groups attached to an aromatic ring is 1. The molecule has 3 N–H and O–H groups in total. The molecule has 2 rings (SSSR count). The van der Waals surface area contributed by atoms with Crippen LogP contribution in [0.5, 0.6) is 0 Å². The first-order chi connectivity index (χ1) is 9.77. The number of piperazine rings is 1. The van der Waals surface area contributed by atoms with E-state index in [2.05, 4.69) is 5.32 Å². The van der Waals surface area contributed by atoms with Crippen molar-refractivity contribution < 1.29 is 18.0 Å². The fourth-order valence-corrected chi connectivity index (χ4v) is 3.64. The summed E-state index contributed by atoms with van der Waals surface area (Å²) in [5.74, 6) is -1.42. The lowest BCUT2D eigenvalue weighted by atomic mass is 10.2. The van der Waals surface area contributed by atoms with E-state index >= 15 is 0 Å². The summed E-state index contributed by atoms with van der Waals surface area (Å²) in [6.45, 7) is 0.882. The summed E-state index contributed by atoms with van der Waals surface area (Å²) in [5.41, 5.74) is 5.62. The summed E-state index contributed by atoms with van der Waals surface area (Å²) in [6.07, 6.45) is 0. The zero-order valence-corrected chi connectivity index (χ0v) is 11.8. The van der Waals surface area contributed by atoms with Gasteiger partial charge in [0.25, 0.3) is 0 Å². The molecule has 1 aliphatic rings. The van der Waals surface area contributed by atoms with Gasteiger partial charge in [-0.05, 0) is 25.1 Å². The van der Waals surface area contributed by atoms with Crippen molar-refractivity contribution in [2.75, 3.05) is 12.3 Å². The number of rotatable bonds is 2. The Morgan fingerprint density at radius 1 is 1.43 bits per heavy atom. The molecular formula is C12H12N4O4S. The quantitative estimate of drug-likeness (QED) is 0.541. The maximum atomic E-state index is 12.6. The van der Waals surface area contributed by atoms with Crippen molar-refractivity contribution in [2.24, 2.45) is 0 Å². The van der Waals surface area contributed by atoms with Gasteiger partial charge in [0.15, 0.2) is 0 Å². The number of nitrogens with one attached hydrogen (secondary N) is 1. The number of sulfonamides is 1. The van der Waals surface area contributed by atoms with E-state index in [1.807, 2.05) is 0 Å². The first-order valence-electron chi connectivity index (χ1n) is 5.92. The third-order valence-electron chi connectivity index (χ3n) is 3.08. The van der Waals surface area contributed by atoms with Crippen molar-refractivity contribution in [2.45, 2.75) is 17.9 Å². The molecule has 0 aliphatic carbocycles. The maximum absolute atomic E-state index is 12.6. The number of benzene rings is 1. The van der Waals surface area contributed by atoms with Crippen LogP contribution in [-0.4, -0.2) is 37.1 Å². The maximum Gasteiger partial charge on any atom is 0.245 e. The smallest absolute Gasteiger partial charge is 0.245 e. The predicted octanol–water partition coefficient (Wildman–Crippen LogP) is -0.824. The van der Waals surface area contributed by atoms with Gasteiger partial charge in [-0.1, -0.05) is 0 Å². The summed E-state index contributed by atoms with van der Waals surface area (Å²) in [4.78, 5) is 22.7. The molecule has 1 heterocycles. The van der Waals surface area contributed by atoms with Crippen molar-refractivity contribution in [3.8, 4) is 6.07 Å². The number of hydrogen-bond acceptors (Lipinski definition) is 6. The lowest BCUT2D eigenvalue weighted by Gasteiger charge is -2.30. The van der Waals surface area contributed by atoms with Gasteiger partial charge in [0.05, 0.1) is 12.1 Å². The van der Waals surface area contributed by atoms with Gasteiger partial charge in [-0.15, -0.1) is 0 Å². The minimum atomic E-state index is -4.16. The van der Waals surface area contributed by atoms with Crippen LogP contribution >= 0.6 is 0 Å². The van der Waals surface area contributed by atoms with E-state index in [1.54, 1.807) is 6.07 Å². The SMILES string of the molecule is CC1C(=O)NC(=O)CN1S(=O)(=O)c1ccc(N)cc1C#N. The molecular weight excluding hydrogens is 296 g/mol. The van der Waals surface area contributed by atoms with Gasteiger partial charge in [-0.3, -0.25) is 14.9 Å². The lowest BCUT2D eigenvalue weighted by Crippen LogP contribution is -2.58. The number of nitrogens with zero attached hydrogens (tertiary/aromatic N) is 2. The van der Waals surface area contributed by atoms with Crippen LogP contribution in [0.3, 0.4) is 0 Å². The summed E-state index contributed by atoms with van der Waals surface area (Å²) in [7, 11) is -4.16. The predicted molar refractivity (Wildman–Crippen MR) is 72.1 cm³/mol. The Kier molecular flexibility index (Phi) is 3.67. The van der Waals surface area contributed by atoms with Gasteiger partial charge in [0.2, 0.25) is 21.8 Å². The van der Waals surface area contributed by atoms with Crippen molar-refractivity contribution in [3.63, 3.8) is 0 Å². The van der Waals surface area contributed by atoms with Crippen molar-refractivity contribution in [3.05, 3.63) is 23.8 Å². The molecule has 0 bridgehead atoms. The molecule has 1 atom stereocenters. The van der Waals surface area contributed by atoms with E-state index in [4.69, 9.17) is 11.0 Å². The summed E-state index contributed by atoms with van der Waals surface area (Å²) < 4.78 is 25.9. The molecule has 1 saturated heterocycles. The summed E-state index contributed by atoms with van der Waals surface area (Å²) in [5, 5.41) is 11.1. The second-order valence-electron chi connectivity index (χ2n) is 4.51. The molecule has 9 heteroatoms. The topological polar surface area (TPSA) is 133 Å². The fraction of sp³-hybridized carbons (Fsp3) is 0.250. The van der Waals surface area contributed by atoms with Crippen LogP contribution in [0.2, 0.25) is 0 Å². The highest BCUT2D eigenvalue weighted by Gasteiger charge is 2.39. The first-order valence-corrected chi connectivity index (χ1v) is 7.36. The van der Waals surface area contributed by atoms with Crippen LogP contribution in [0.4, 0.5) is 5.69 Å². The molecule has 0 saturated carbocycles. The molecule has 0 aromatic heterocycles. The fourth-order valence-electron chi connectivity index (χ4n) is 1.97. The van der Waals surface area contributed by atoms with Gasteiger partial charge in [0.1, 0.15) is 17.0 Å². The molecule has 1 aromatic carbocycles. The average molecular weight is 308 g/mol. The molecule has 110 valence electrons. The third-order valence-corrected chi connectivity index (χ3v) is 5.06. The molecule has 1 aromatic rings. The molecule has 1 aliphatic heterocycles. The van der Waals surface area contributed by atoms with Crippen LogP contribution in [0.15, 0.2) is 23.1 Å². The zero-order valence-electron chi connectivity index (χ0n) is 11.0. The second-order valence-corrected chi connectivity index (χ2v) is 6.37. The number of nitrogens with two attached hydrogens (primary N) is 1. The van der Waals surface area contributed by atoms with E-state index in [0.29, 0.717) is 0 Å². The molecule has 1 fully saturated rings. The van der Waals surface area contributed by atoms with E-state index in [-0.39, 0.29) is 16.1 Å². The van der Waals surface area contributed by atoms with Crippen LogP contribution in [0.1, 0.15) is 12.5 Å². The van der Waals surface area contributed by atoms with Crippen LogP contribution in [0, 0.1) is 11.3 Å². The Hall–Kier alpha value is -2.44. The molecule has 8 nitrogen and oxygen atoms in total. The third kappa shape index (κ3) is 2.58. The molecule has 0 spiro atoms. The number of amides is 2. The number of carbonyl (C=O) groups is 2. The molecule has 21 heavy (non-hydrogen) atoms. The molecule has 1 unspecified atom stereocenters. The first kappa shape index (κ1) is 15.0. The van der Waals surface area contributed by atoms with Crippen molar-refractivity contribution in [1.82, 2.24) is 9.62 Å². The van der Waals surface area contributed by atoms with Crippen LogP contribution in [-0.2, 0) is 19.6 Å². The lowest BCUT2D eigenvalue weighted by molar-refractivity contribution is -0.136. The summed E-state index contributed by atoms with van der Waals surface area (Å²) >= 11 is 0. The Morgan fingerprint density at radius 2 is 2.10 bits per heavy atom. The number of hydrogen-bond donors (Lipinski definition) is 2. The standard InChI is InChI=1S/C12H12N4O4S/c1-7-12(18)15-11(17)6-16(7)21(19,20)10-3-2-9(14)4-8(10)5-13/h2-4,7H,6,14H2,1H3,(H,15,17,18). The minimum absolute atomic E-state index is 0.138. The number of carbonyl (C=O) groups excluding carboxylic acids is 2. The van der Waals surface area contributed by atoms with Crippen molar-refractivity contribution >= 4 is 27.5 Å². The van der Waals surface area contributed by atoms with Gasteiger partial charge in [0, 0.05) is 5.69 Å². The van der Waals surface area contributed by atoms with Gasteiger partial charge < -0.3 is 5.73 Å². The average Bonchev–Trinajstić information content (AvgIpc) is 2.42. The van der Waals surface area contributed by atoms with Crippen LogP contribution in [0.25, 0.3) is 0 Å². The van der Waals surface area contributed by atoms with Gasteiger partial charge in [-0.2, -0.15) is 9.57 Å². The van der Waals surface area contributed by atoms with Gasteiger partial charge in [-0.25, -0.2) is 8.42 Å². The Labute approximate surface area is 121 Å². The number of nitriles is 1. The summed E-state index contributed by atoms with van der Waals surface area (Å²) in [6, 6.07) is 4.45.